The van der Waals surface area contributed by atoms with Gasteiger partial charge in [-0.2, -0.15) is 0 Å². The number of pyridine rings is 1. The van der Waals surface area contributed by atoms with Gasteiger partial charge < -0.3 is 19.5 Å². The summed E-state index contributed by atoms with van der Waals surface area (Å²) < 4.78 is 7.50. The van der Waals surface area contributed by atoms with E-state index in [2.05, 4.69) is 16.4 Å². The summed E-state index contributed by atoms with van der Waals surface area (Å²) in [5.74, 6) is 0.564. The number of rotatable bonds is 5. The van der Waals surface area contributed by atoms with E-state index < -0.39 is 4.92 Å². The third-order valence-electron chi connectivity index (χ3n) is 5.74. The van der Waals surface area contributed by atoms with Gasteiger partial charge in [0, 0.05) is 36.8 Å². The molecule has 0 aliphatic carbocycles. The number of non-ortho nitro benzene ring substituents is 1. The molecule has 3 heterocycles. The first-order chi connectivity index (χ1) is 14.8. The fourth-order valence-electron chi connectivity index (χ4n) is 4.27. The zero-order valence-corrected chi connectivity index (χ0v) is 18.5. The van der Waals surface area contributed by atoms with E-state index in [1.165, 1.54) is 6.07 Å². The van der Waals surface area contributed by atoms with Crippen LogP contribution < -0.4 is 10.1 Å². The Balaban J connectivity index is 1.86. The lowest BCUT2D eigenvalue weighted by Gasteiger charge is -2.24. The number of likely N-dealkylation sites (N-methyl/N-ethyl adjacent to an activating group) is 1. The lowest BCUT2D eigenvalue weighted by Crippen LogP contribution is -2.25. The zero-order valence-electron chi connectivity index (χ0n) is 17.7. The van der Waals surface area contributed by atoms with Gasteiger partial charge in [-0.3, -0.25) is 15.1 Å². The predicted octanol–water partition coefficient (Wildman–Crippen LogP) is 4.01. The number of nitrogens with zero attached hydrogens (tertiary/aromatic N) is 4. The number of benzene rings is 1. The van der Waals surface area contributed by atoms with Gasteiger partial charge >= 0.3 is 0 Å². The minimum absolute atomic E-state index is 0.0111. The summed E-state index contributed by atoms with van der Waals surface area (Å²) in [5.41, 5.74) is 4.51. The Bertz CT molecular complexity index is 1160. The smallest absolute Gasteiger partial charge is 0.271 e. The minimum atomic E-state index is -0.401. The summed E-state index contributed by atoms with van der Waals surface area (Å²) in [7, 11) is 3.52. The van der Waals surface area contributed by atoms with Gasteiger partial charge in [0.15, 0.2) is 5.11 Å². The first-order valence-corrected chi connectivity index (χ1v) is 10.2. The number of nitro benzene ring substituents is 1. The van der Waals surface area contributed by atoms with Crippen molar-refractivity contribution >= 4 is 23.0 Å². The Morgan fingerprint density at radius 1 is 1.23 bits per heavy atom. The molecule has 0 saturated carbocycles. The molecular weight excluding hydrogens is 414 g/mol. The molecular formula is C22H23N5O3S. The minimum Gasteiger partial charge on any atom is -0.495 e. The number of hydrogen-bond acceptors (Lipinski definition) is 5. The van der Waals surface area contributed by atoms with Crippen LogP contribution >= 0.6 is 12.2 Å². The highest BCUT2D eigenvalue weighted by Crippen LogP contribution is 2.41. The van der Waals surface area contributed by atoms with E-state index in [9.17, 15) is 10.1 Å². The Kier molecular flexibility index (Phi) is 5.36. The van der Waals surface area contributed by atoms with Gasteiger partial charge in [0.05, 0.1) is 35.5 Å². The predicted molar refractivity (Wildman–Crippen MR) is 122 cm³/mol. The third kappa shape index (κ3) is 3.50. The maximum Gasteiger partial charge on any atom is 0.271 e. The topological polar surface area (TPSA) is 85.5 Å². The van der Waals surface area contributed by atoms with Gasteiger partial charge in [0.2, 0.25) is 0 Å². The molecule has 0 spiro atoms. The molecule has 0 unspecified atom stereocenters. The van der Waals surface area contributed by atoms with Crippen molar-refractivity contribution in [2.24, 2.45) is 0 Å². The van der Waals surface area contributed by atoms with Crippen molar-refractivity contribution in [2.45, 2.75) is 25.9 Å². The number of hydrogen-bond donors (Lipinski definition) is 1. The Labute approximate surface area is 185 Å². The fraction of sp³-hybridized carbons (Fsp3) is 0.273. The lowest BCUT2D eigenvalue weighted by molar-refractivity contribution is -0.384. The van der Waals surface area contributed by atoms with Crippen molar-refractivity contribution in [3.05, 3.63) is 81.4 Å². The van der Waals surface area contributed by atoms with Crippen LogP contribution in [0, 0.1) is 24.0 Å². The van der Waals surface area contributed by atoms with Crippen LogP contribution in [0.4, 0.5) is 5.69 Å². The maximum absolute atomic E-state index is 11.4. The molecule has 1 saturated heterocycles. The summed E-state index contributed by atoms with van der Waals surface area (Å²) in [6.45, 7) is 3.98. The molecule has 1 aliphatic rings. The maximum atomic E-state index is 11.4. The number of nitro groups is 1. The van der Waals surface area contributed by atoms with Crippen molar-refractivity contribution in [2.75, 3.05) is 14.2 Å². The zero-order chi connectivity index (χ0) is 22.3. The number of nitrogens with one attached hydrogen (secondary N) is 1. The SMILES string of the molecule is COc1ccc([N+](=O)[O-])cc1-n1c(C)cc([C@H]2[C@@H](c3ccccn3)NC(=S)N2C)c1C. The van der Waals surface area contributed by atoms with Crippen molar-refractivity contribution in [1.82, 2.24) is 19.8 Å². The van der Waals surface area contributed by atoms with Crippen molar-refractivity contribution in [1.29, 1.82) is 0 Å². The van der Waals surface area contributed by atoms with Gasteiger partial charge in [-0.15, -0.1) is 0 Å². The standard InChI is InChI=1S/C22H23N5O3S/c1-13-11-16(21-20(24-22(31)25(21)3)17-7-5-6-10-23-17)14(2)26(13)18-12-15(27(28)29)8-9-19(18)30-4/h5-12,20-21H,1-4H3,(H,24,31)/t20-,21+/m1/s1. The second-order valence-corrected chi connectivity index (χ2v) is 7.90. The van der Waals surface area contributed by atoms with Crippen LogP contribution in [0.5, 0.6) is 5.75 Å². The largest absolute Gasteiger partial charge is 0.495 e. The van der Waals surface area contributed by atoms with Crippen molar-refractivity contribution in [3.63, 3.8) is 0 Å². The fourth-order valence-corrected chi connectivity index (χ4v) is 4.51. The molecule has 1 aromatic carbocycles. The Hall–Kier alpha value is -3.46. The highest BCUT2D eigenvalue weighted by molar-refractivity contribution is 7.80. The summed E-state index contributed by atoms with van der Waals surface area (Å²) in [5, 5.41) is 15.4. The second-order valence-electron chi connectivity index (χ2n) is 7.51. The number of aromatic nitrogens is 2. The van der Waals surface area contributed by atoms with Crippen LogP contribution in [0.3, 0.4) is 0 Å². The number of aryl methyl sites for hydroxylation is 1. The number of methoxy groups -OCH3 is 1. The van der Waals surface area contributed by atoms with Crippen LogP contribution in [0.1, 0.15) is 34.7 Å². The normalized spacial score (nSPS) is 18.2. The molecule has 8 nitrogen and oxygen atoms in total. The van der Waals surface area contributed by atoms with Crippen molar-refractivity contribution < 1.29 is 9.66 Å². The molecule has 3 aromatic rings. The number of thiocarbonyl (C=S) groups is 1. The van der Waals surface area contributed by atoms with Gasteiger partial charge in [0.25, 0.3) is 5.69 Å². The number of ether oxygens (including phenoxy) is 1. The summed E-state index contributed by atoms with van der Waals surface area (Å²) >= 11 is 5.54. The Morgan fingerprint density at radius 3 is 2.65 bits per heavy atom. The van der Waals surface area contributed by atoms with E-state index in [0.717, 1.165) is 22.6 Å². The average Bonchev–Trinajstić information content (AvgIpc) is 3.22. The molecule has 0 bridgehead atoms. The van der Waals surface area contributed by atoms with Gasteiger partial charge in [0.1, 0.15) is 5.75 Å². The first kappa shape index (κ1) is 20.8. The van der Waals surface area contributed by atoms with E-state index in [4.69, 9.17) is 17.0 Å². The molecule has 1 aliphatic heterocycles. The highest BCUT2D eigenvalue weighted by Gasteiger charge is 2.39. The lowest BCUT2D eigenvalue weighted by atomic mass is 9.97. The van der Waals surface area contributed by atoms with E-state index >= 15 is 0 Å². The molecule has 1 N–H and O–H groups in total. The van der Waals surface area contributed by atoms with Gasteiger partial charge in [-0.05, 0) is 55.9 Å². The molecule has 9 heteroatoms. The Morgan fingerprint density at radius 2 is 2.00 bits per heavy atom. The molecule has 31 heavy (non-hydrogen) atoms. The summed E-state index contributed by atoms with van der Waals surface area (Å²) in [6.07, 6.45) is 1.77. The van der Waals surface area contributed by atoms with E-state index in [-0.39, 0.29) is 17.8 Å². The third-order valence-corrected chi connectivity index (χ3v) is 6.15. The molecule has 2 aromatic heterocycles. The van der Waals surface area contributed by atoms with Crippen LogP contribution in [0.25, 0.3) is 5.69 Å². The van der Waals surface area contributed by atoms with Crippen LogP contribution in [0.15, 0.2) is 48.7 Å². The monoisotopic (exact) mass is 437 g/mol. The highest BCUT2D eigenvalue weighted by atomic mass is 32.1. The van der Waals surface area contributed by atoms with Gasteiger partial charge in [-0.25, -0.2) is 0 Å². The van der Waals surface area contributed by atoms with Crippen LogP contribution in [-0.2, 0) is 0 Å². The van der Waals surface area contributed by atoms with Crippen molar-refractivity contribution in [3.8, 4) is 11.4 Å². The molecule has 2 atom stereocenters. The average molecular weight is 438 g/mol. The van der Waals surface area contributed by atoms with E-state index in [1.807, 2.05) is 48.6 Å². The summed E-state index contributed by atoms with van der Waals surface area (Å²) in [6, 6.07) is 12.3. The van der Waals surface area contributed by atoms with Gasteiger partial charge in [-0.1, -0.05) is 6.07 Å². The quantitative estimate of drug-likeness (QED) is 0.367. The summed E-state index contributed by atoms with van der Waals surface area (Å²) in [4.78, 5) is 17.5. The van der Waals surface area contributed by atoms with Crippen LogP contribution in [-0.4, -0.2) is 38.6 Å². The molecule has 4 rings (SSSR count). The first-order valence-electron chi connectivity index (χ1n) is 9.79. The van der Waals surface area contributed by atoms with E-state index in [1.54, 1.807) is 25.4 Å². The molecule has 0 amide bonds. The molecule has 160 valence electrons. The molecule has 1 fully saturated rings. The van der Waals surface area contributed by atoms with Crippen LogP contribution in [0.2, 0.25) is 0 Å². The second kappa shape index (κ2) is 7.99. The molecule has 0 radical (unpaired) electrons. The van der Waals surface area contributed by atoms with E-state index in [0.29, 0.717) is 16.5 Å².